The molecule has 0 aliphatic rings. The number of hydrogen-bond donors (Lipinski definition) is 0. The van der Waals surface area contributed by atoms with Gasteiger partial charge in [-0.1, -0.05) is 85.7 Å². The maximum atomic E-state index is 13.8. The molecule has 0 aromatic heterocycles. The molecule has 0 bridgehead atoms. The molecule has 0 atom stereocenters. The van der Waals surface area contributed by atoms with Gasteiger partial charge in [0.15, 0.2) is 26.4 Å². The van der Waals surface area contributed by atoms with Gasteiger partial charge < -0.3 is 42.6 Å². The van der Waals surface area contributed by atoms with Crippen LogP contribution in [-0.2, 0) is 49.5 Å². The predicted molar refractivity (Wildman–Crippen MR) is 213 cm³/mol. The molecule has 0 aliphatic heterocycles. The zero-order valence-corrected chi connectivity index (χ0v) is 34.7. The molecular weight excluding hydrogens is 752 g/mol. The Morgan fingerprint density at radius 2 is 0.879 bits per heavy atom. The molecule has 0 fully saturated rings. The highest BCUT2D eigenvalue weighted by molar-refractivity contribution is 5.95. The second-order valence-electron chi connectivity index (χ2n) is 15.1. The first-order valence-electron chi connectivity index (χ1n) is 19.3. The van der Waals surface area contributed by atoms with Gasteiger partial charge in [0, 0.05) is 17.7 Å². The van der Waals surface area contributed by atoms with E-state index < -0.39 is 56.3 Å². The molecule has 0 saturated carbocycles. The first-order valence-corrected chi connectivity index (χ1v) is 19.3. The molecule has 0 amide bonds. The van der Waals surface area contributed by atoms with Gasteiger partial charge in [0.05, 0.1) is 26.4 Å². The van der Waals surface area contributed by atoms with E-state index in [4.69, 9.17) is 42.6 Å². The second kappa shape index (κ2) is 24.1. The molecule has 0 spiro atoms. The van der Waals surface area contributed by atoms with Gasteiger partial charge in [0.25, 0.3) is 0 Å². The summed E-state index contributed by atoms with van der Waals surface area (Å²) in [5.41, 5.74) is 1.16. The van der Waals surface area contributed by atoms with Crippen LogP contribution in [0, 0.1) is 23.7 Å². The highest BCUT2D eigenvalue weighted by Crippen LogP contribution is 2.40. The Morgan fingerprint density at radius 1 is 0.466 bits per heavy atom. The Kier molecular flexibility index (Phi) is 19.3. The van der Waals surface area contributed by atoms with Crippen LogP contribution >= 0.6 is 0 Å². The SMILES string of the molecule is CC(C)COC(=O)COc1cc(OCC(=O)OCC(C)C)cc(-c2cc(C(=O)OCc3ccccc3)c(OCC(=O)OCC(C)C)cc2OCC(=O)OCC(C)C)c1. The summed E-state index contributed by atoms with van der Waals surface area (Å²) in [6.07, 6.45) is 0. The fraction of sp³-hybridized carbons (Fsp3) is 0.477. The number of ether oxygens (including phenoxy) is 9. The minimum Gasteiger partial charge on any atom is -0.482 e. The van der Waals surface area contributed by atoms with Crippen molar-refractivity contribution in [2.75, 3.05) is 52.9 Å². The average Bonchev–Trinajstić information content (AvgIpc) is 3.19. The van der Waals surface area contributed by atoms with Crippen LogP contribution in [0.3, 0.4) is 0 Å². The number of rotatable bonds is 24. The zero-order chi connectivity index (χ0) is 42.6. The van der Waals surface area contributed by atoms with E-state index in [2.05, 4.69) is 0 Å². The maximum Gasteiger partial charge on any atom is 0.344 e. The lowest BCUT2D eigenvalue weighted by atomic mass is 10.00. The Labute approximate surface area is 340 Å². The highest BCUT2D eigenvalue weighted by Gasteiger charge is 2.24. The van der Waals surface area contributed by atoms with Crippen LogP contribution in [0.25, 0.3) is 11.1 Å². The molecule has 58 heavy (non-hydrogen) atoms. The predicted octanol–water partition coefficient (Wildman–Crippen LogP) is 7.02. The van der Waals surface area contributed by atoms with Crippen molar-refractivity contribution in [2.45, 2.75) is 62.0 Å². The summed E-state index contributed by atoms with van der Waals surface area (Å²) in [5, 5.41) is 0. The van der Waals surface area contributed by atoms with E-state index >= 15 is 0 Å². The van der Waals surface area contributed by atoms with Gasteiger partial charge in [-0.3, -0.25) is 0 Å². The topological polar surface area (TPSA) is 168 Å². The molecule has 0 saturated heterocycles. The van der Waals surface area contributed by atoms with E-state index in [-0.39, 0.29) is 90.8 Å². The molecular formula is C44H56O14. The van der Waals surface area contributed by atoms with Crippen LogP contribution < -0.4 is 18.9 Å². The molecule has 14 heteroatoms. The average molecular weight is 809 g/mol. The number of carbonyl (C=O) groups excluding carboxylic acids is 5. The summed E-state index contributed by atoms with van der Waals surface area (Å²) in [5.74, 6) is -2.80. The van der Waals surface area contributed by atoms with Gasteiger partial charge in [-0.15, -0.1) is 0 Å². The normalized spacial score (nSPS) is 11.0. The van der Waals surface area contributed by atoms with E-state index in [0.29, 0.717) is 5.56 Å². The third-order valence-corrected chi connectivity index (χ3v) is 7.42. The van der Waals surface area contributed by atoms with Crippen molar-refractivity contribution >= 4 is 29.8 Å². The molecule has 316 valence electrons. The highest BCUT2D eigenvalue weighted by atomic mass is 16.6. The Hall–Kier alpha value is -5.79. The summed E-state index contributed by atoms with van der Waals surface area (Å²) in [6, 6.07) is 16.3. The molecule has 0 heterocycles. The van der Waals surface area contributed by atoms with E-state index in [1.807, 2.05) is 61.5 Å². The third-order valence-electron chi connectivity index (χ3n) is 7.42. The van der Waals surface area contributed by atoms with Crippen LogP contribution in [0.4, 0.5) is 0 Å². The van der Waals surface area contributed by atoms with E-state index in [0.717, 1.165) is 5.56 Å². The lowest BCUT2D eigenvalue weighted by Gasteiger charge is -2.19. The largest absolute Gasteiger partial charge is 0.482 e. The van der Waals surface area contributed by atoms with E-state index in [1.165, 1.54) is 18.2 Å². The van der Waals surface area contributed by atoms with Gasteiger partial charge >= 0.3 is 29.8 Å². The molecule has 14 nitrogen and oxygen atoms in total. The Morgan fingerprint density at radius 3 is 1.31 bits per heavy atom. The minimum atomic E-state index is -0.803. The lowest BCUT2D eigenvalue weighted by molar-refractivity contribution is -0.148. The molecule has 0 unspecified atom stereocenters. The van der Waals surface area contributed by atoms with Gasteiger partial charge in [0.2, 0.25) is 0 Å². The van der Waals surface area contributed by atoms with E-state index in [9.17, 15) is 24.0 Å². The molecule has 0 N–H and O–H groups in total. The van der Waals surface area contributed by atoms with Crippen molar-refractivity contribution in [1.29, 1.82) is 0 Å². The number of benzene rings is 3. The van der Waals surface area contributed by atoms with Gasteiger partial charge in [-0.05, 0) is 53.0 Å². The molecule has 3 aromatic carbocycles. The first-order chi connectivity index (χ1) is 27.6. The van der Waals surface area contributed by atoms with Gasteiger partial charge in [0.1, 0.15) is 35.2 Å². The fourth-order valence-corrected chi connectivity index (χ4v) is 4.64. The van der Waals surface area contributed by atoms with Crippen molar-refractivity contribution in [3.8, 4) is 34.1 Å². The fourth-order valence-electron chi connectivity index (χ4n) is 4.64. The Bertz CT molecular complexity index is 1750. The monoisotopic (exact) mass is 808 g/mol. The molecule has 3 rings (SSSR count). The van der Waals surface area contributed by atoms with Crippen LogP contribution in [0.15, 0.2) is 60.7 Å². The smallest absolute Gasteiger partial charge is 0.344 e. The van der Waals surface area contributed by atoms with E-state index in [1.54, 1.807) is 36.4 Å². The summed E-state index contributed by atoms with van der Waals surface area (Å²) in [4.78, 5) is 64.2. The van der Waals surface area contributed by atoms with Crippen LogP contribution in [0.1, 0.15) is 71.3 Å². The molecule has 3 aromatic rings. The van der Waals surface area contributed by atoms with Crippen molar-refractivity contribution in [2.24, 2.45) is 23.7 Å². The third kappa shape index (κ3) is 17.6. The van der Waals surface area contributed by atoms with Crippen LogP contribution in [0.2, 0.25) is 0 Å². The first kappa shape index (κ1) is 46.6. The summed E-state index contributed by atoms with van der Waals surface area (Å²) >= 11 is 0. The quantitative estimate of drug-likeness (QED) is 0.0668. The number of carbonyl (C=O) groups is 5. The van der Waals surface area contributed by atoms with Crippen molar-refractivity contribution in [3.63, 3.8) is 0 Å². The zero-order valence-electron chi connectivity index (χ0n) is 34.7. The summed E-state index contributed by atoms with van der Waals surface area (Å²) in [7, 11) is 0. The van der Waals surface area contributed by atoms with Crippen LogP contribution in [-0.4, -0.2) is 82.7 Å². The number of hydrogen-bond acceptors (Lipinski definition) is 14. The van der Waals surface area contributed by atoms with Gasteiger partial charge in [-0.2, -0.15) is 0 Å². The van der Waals surface area contributed by atoms with Crippen molar-refractivity contribution < 1.29 is 66.6 Å². The lowest BCUT2D eigenvalue weighted by Crippen LogP contribution is -2.20. The molecule has 0 aliphatic carbocycles. The standard InChI is InChI=1S/C44H56O14/c1-28(2)19-54-40(45)24-50-34-14-33(15-35(16-34)51-25-41(46)55-20-29(3)4)36-17-37(44(49)58-23-32-12-10-9-11-13-32)39(53-27-43(48)57-22-31(7)8)18-38(36)52-26-42(47)56-21-30(5)6/h9-18,28-31H,19-27H2,1-8H3. The van der Waals surface area contributed by atoms with Gasteiger partial charge in [-0.25, -0.2) is 24.0 Å². The van der Waals surface area contributed by atoms with Crippen molar-refractivity contribution in [1.82, 2.24) is 0 Å². The second-order valence-corrected chi connectivity index (χ2v) is 15.1. The number of esters is 5. The van der Waals surface area contributed by atoms with Crippen molar-refractivity contribution in [3.05, 3.63) is 71.8 Å². The molecule has 0 radical (unpaired) electrons. The Balaban J connectivity index is 2.14. The maximum absolute atomic E-state index is 13.8. The van der Waals surface area contributed by atoms with Crippen LogP contribution in [0.5, 0.6) is 23.0 Å². The summed E-state index contributed by atoms with van der Waals surface area (Å²) in [6.45, 7) is 13.8. The minimum absolute atomic E-state index is 0.0300. The summed E-state index contributed by atoms with van der Waals surface area (Å²) < 4.78 is 50.3.